The summed E-state index contributed by atoms with van der Waals surface area (Å²) in [7, 11) is 0. The van der Waals surface area contributed by atoms with Gasteiger partial charge in [0.1, 0.15) is 0 Å². The van der Waals surface area contributed by atoms with Crippen molar-refractivity contribution in [1.29, 1.82) is 0 Å². The molecule has 3 rings (SSSR count). The van der Waals surface area contributed by atoms with Crippen molar-refractivity contribution in [3.8, 4) is 0 Å². The van der Waals surface area contributed by atoms with Crippen molar-refractivity contribution in [2.45, 2.75) is 32.6 Å². The lowest BCUT2D eigenvalue weighted by Crippen LogP contribution is -2.41. The van der Waals surface area contributed by atoms with Gasteiger partial charge in [-0.15, -0.1) is 0 Å². The number of Topliss-reactive ketones (excluding diaryl/α,β-unsaturated/α-hetero) is 1. The third-order valence-corrected chi connectivity index (χ3v) is 5.35. The number of hydrogen-bond acceptors (Lipinski definition) is 4. The highest BCUT2D eigenvalue weighted by molar-refractivity contribution is 5.98. The molecule has 1 aromatic carbocycles. The molecular formula is C23H27N3O3. The molecule has 1 saturated heterocycles. The van der Waals surface area contributed by atoms with Crippen LogP contribution in [0.4, 0.5) is 0 Å². The zero-order valence-corrected chi connectivity index (χ0v) is 16.8. The Morgan fingerprint density at radius 3 is 2.41 bits per heavy atom. The summed E-state index contributed by atoms with van der Waals surface area (Å²) in [6.07, 6.45) is 5.37. The number of rotatable bonds is 7. The number of likely N-dealkylation sites (tertiary alicyclic amines) is 1. The first-order chi connectivity index (χ1) is 14.0. The van der Waals surface area contributed by atoms with E-state index in [0.29, 0.717) is 36.7 Å². The Balaban J connectivity index is 1.35. The average molecular weight is 393 g/mol. The van der Waals surface area contributed by atoms with Gasteiger partial charge in [0.05, 0.1) is 5.56 Å². The van der Waals surface area contributed by atoms with E-state index < -0.39 is 0 Å². The van der Waals surface area contributed by atoms with Crippen molar-refractivity contribution < 1.29 is 14.4 Å². The highest BCUT2D eigenvalue weighted by Gasteiger charge is 2.24. The summed E-state index contributed by atoms with van der Waals surface area (Å²) in [5, 5.41) is 2.94. The van der Waals surface area contributed by atoms with Gasteiger partial charge >= 0.3 is 0 Å². The van der Waals surface area contributed by atoms with Crippen LogP contribution < -0.4 is 5.32 Å². The van der Waals surface area contributed by atoms with E-state index in [1.165, 1.54) is 0 Å². The van der Waals surface area contributed by atoms with Crippen LogP contribution in [-0.4, -0.2) is 47.1 Å². The fraction of sp³-hybridized carbons (Fsp3) is 0.391. The number of nitrogens with zero attached hydrogens (tertiary/aromatic N) is 2. The minimum absolute atomic E-state index is 0.00945. The van der Waals surface area contributed by atoms with E-state index in [2.05, 4.69) is 10.3 Å². The van der Waals surface area contributed by atoms with Crippen LogP contribution in [0, 0.1) is 12.8 Å². The number of carbonyl (C=O) groups is 3. The molecule has 2 heterocycles. The summed E-state index contributed by atoms with van der Waals surface area (Å²) in [6, 6.07) is 10.9. The van der Waals surface area contributed by atoms with E-state index in [0.717, 1.165) is 18.4 Å². The van der Waals surface area contributed by atoms with E-state index in [9.17, 15) is 14.4 Å². The summed E-state index contributed by atoms with van der Waals surface area (Å²) in [5.41, 5.74) is 2.36. The van der Waals surface area contributed by atoms with Crippen LogP contribution in [0.1, 0.15) is 52.0 Å². The van der Waals surface area contributed by atoms with Gasteiger partial charge in [-0.1, -0.05) is 29.8 Å². The number of hydrogen-bond donors (Lipinski definition) is 1. The molecule has 1 aromatic heterocycles. The monoisotopic (exact) mass is 393 g/mol. The Labute approximate surface area is 171 Å². The molecule has 1 N–H and O–H groups in total. The number of carbonyl (C=O) groups excluding carboxylic acids is 3. The number of ketones is 1. The lowest BCUT2D eigenvalue weighted by Gasteiger charge is -2.32. The Morgan fingerprint density at radius 1 is 1.03 bits per heavy atom. The molecule has 0 saturated carbocycles. The molecule has 0 spiro atoms. The van der Waals surface area contributed by atoms with E-state index >= 15 is 0 Å². The zero-order valence-electron chi connectivity index (χ0n) is 16.8. The molecule has 0 bridgehead atoms. The maximum Gasteiger partial charge on any atom is 0.255 e. The van der Waals surface area contributed by atoms with Crippen LogP contribution in [0.25, 0.3) is 0 Å². The number of aryl methyl sites for hydroxylation is 1. The molecule has 0 radical (unpaired) electrons. The quantitative estimate of drug-likeness (QED) is 0.734. The summed E-state index contributed by atoms with van der Waals surface area (Å²) in [4.78, 5) is 42.5. The van der Waals surface area contributed by atoms with Gasteiger partial charge in [0.2, 0.25) is 5.91 Å². The number of aromatic nitrogens is 1. The highest BCUT2D eigenvalue weighted by atomic mass is 16.2. The smallest absolute Gasteiger partial charge is 0.255 e. The van der Waals surface area contributed by atoms with E-state index in [1.807, 2.05) is 24.0 Å². The Hall–Kier alpha value is -3.02. The maximum absolute atomic E-state index is 12.4. The maximum atomic E-state index is 12.4. The van der Waals surface area contributed by atoms with Gasteiger partial charge in [-0.05, 0) is 37.8 Å². The van der Waals surface area contributed by atoms with E-state index in [4.69, 9.17) is 0 Å². The predicted molar refractivity (Wildman–Crippen MR) is 111 cm³/mol. The number of piperidine rings is 1. The molecule has 0 aliphatic carbocycles. The number of pyridine rings is 1. The van der Waals surface area contributed by atoms with Crippen molar-refractivity contribution in [3.05, 3.63) is 65.5 Å². The molecule has 2 amide bonds. The molecule has 0 unspecified atom stereocenters. The molecule has 29 heavy (non-hydrogen) atoms. The Morgan fingerprint density at radius 2 is 1.76 bits per heavy atom. The van der Waals surface area contributed by atoms with Gasteiger partial charge in [0.15, 0.2) is 5.78 Å². The summed E-state index contributed by atoms with van der Waals surface area (Å²) in [5.74, 6) is 0.251. The zero-order chi connectivity index (χ0) is 20.6. The minimum atomic E-state index is -0.0978. The lowest BCUT2D eigenvalue weighted by atomic mass is 9.96. The number of benzene rings is 1. The van der Waals surface area contributed by atoms with Crippen LogP contribution in [0.15, 0.2) is 48.8 Å². The molecule has 6 nitrogen and oxygen atoms in total. The first-order valence-corrected chi connectivity index (χ1v) is 10.1. The van der Waals surface area contributed by atoms with Crippen molar-refractivity contribution in [2.24, 2.45) is 5.92 Å². The fourth-order valence-corrected chi connectivity index (χ4v) is 3.47. The average Bonchev–Trinajstić information content (AvgIpc) is 2.77. The standard InChI is InChI=1S/C23H27N3O3/c1-17-4-6-19(7-5-17)21(27)8-9-22(28)25-15-18-10-13-26(14-11-18)23(29)20-3-2-12-24-16-20/h2-7,12,16,18H,8-11,13-15H2,1H3,(H,25,28). The largest absolute Gasteiger partial charge is 0.356 e. The normalized spacial score (nSPS) is 14.4. The Kier molecular flexibility index (Phi) is 7.11. The molecule has 1 aliphatic heterocycles. The first kappa shape index (κ1) is 20.7. The molecule has 1 fully saturated rings. The second-order valence-electron chi connectivity index (χ2n) is 7.57. The summed E-state index contributed by atoms with van der Waals surface area (Å²) < 4.78 is 0. The van der Waals surface area contributed by atoms with Crippen LogP contribution in [0.2, 0.25) is 0 Å². The van der Waals surface area contributed by atoms with Crippen LogP contribution in [0.5, 0.6) is 0 Å². The number of amides is 2. The SMILES string of the molecule is Cc1ccc(C(=O)CCC(=O)NCC2CCN(C(=O)c3cccnc3)CC2)cc1. The van der Waals surface area contributed by atoms with Crippen molar-refractivity contribution in [2.75, 3.05) is 19.6 Å². The van der Waals surface area contributed by atoms with Gasteiger partial charge in [-0.2, -0.15) is 0 Å². The molecule has 6 heteroatoms. The fourth-order valence-electron chi connectivity index (χ4n) is 3.47. The summed E-state index contributed by atoms with van der Waals surface area (Å²) >= 11 is 0. The van der Waals surface area contributed by atoms with Crippen molar-refractivity contribution in [1.82, 2.24) is 15.2 Å². The van der Waals surface area contributed by atoms with Gasteiger partial charge in [0, 0.05) is 50.4 Å². The van der Waals surface area contributed by atoms with Gasteiger partial charge in [-0.3, -0.25) is 19.4 Å². The van der Waals surface area contributed by atoms with Crippen LogP contribution >= 0.6 is 0 Å². The summed E-state index contributed by atoms with van der Waals surface area (Å²) in [6.45, 7) is 3.92. The van der Waals surface area contributed by atoms with Crippen LogP contribution in [-0.2, 0) is 4.79 Å². The second-order valence-corrected chi connectivity index (χ2v) is 7.57. The molecular weight excluding hydrogens is 366 g/mol. The second kappa shape index (κ2) is 9.96. The predicted octanol–water partition coefficient (Wildman–Crippen LogP) is 3.02. The molecule has 152 valence electrons. The third-order valence-electron chi connectivity index (χ3n) is 5.35. The van der Waals surface area contributed by atoms with Crippen LogP contribution in [0.3, 0.4) is 0 Å². The van der Waals surface area contributed by atoms with Crippen molar-refractivity contribution >= 4 is 17.6 Å². The third kappa shape index (κ3) is 5.98. The highest BCUT2D eigenvalue weighted by Crippen LogP contribution is 2.18. The van der Waals surface area contributed by atoms with Crippen molar-refractivity contribution in [3.63, 3.8) is 0 Å². The molecule has 1 aliphatic rings. The van der Waals surface area contributed by atoms with E-state index in [1.54, 1.807) is 36.7 Å². The lowest BCUT2D eigenvalue weighted by molar-refractivity contribution is -0.121. The molecule has 0 atom stereocenters. The first-order valence-electron chi connectivity index (χ1n) is 10.1. The molecule has 2 aromatic rings. The minimum Gasteiger partial charge on any atom is -0.356 e. The van der Waals surface area contributed by atoms with E-state index in [-0.39, 0.29) is 30.4 Å². The topological polar surface area (TPSA) is 79.4 Å². The van der Waals surface area contributed by atoms with Gasteiger partial charge < -0.3 is 10.2 Å². The Bertz CT molecular complexity index is 841. The van der Waals surface area contributed by atoms with Gasteiger partial charge in [0.25, 0.3) is 5.91 Å². The van der Waals surface area contributed by atoms with Gasteiger partial charge in [-0.25, -0.2) is 0 Å². The number of nitrogens with one attached hydrogen (secondary N) is 1.